The maximum atomic E-state index is 4.32. The van der Waals surface area contributed by atoms with E-state index in [9.17, 15) is 0 Å². The van der Waals surface area contributed by atoms with Gasteiger partial charge in [-0.05, 0) is 43.3 Å². The van der Waals surface area contributed by atoms with E-state index < -0.39 is 0 Å². The molecule has 0 radical (unpaired) electrons. The second-order valence-electron chi connectivity index (χ2n) is 4.52. The van der Waals surface area contributed by atoms with E-state index in [1.54, 1.807) is 11.3 Å². The molecule has 2 nitrogen and oxygen atoms in total. The van der Waals surface area contributed by atoms with E-state index in [2.05, 4.69) is 54.5 Å². The largest absolute Gasteiger partial charge is 0.310 e. The van der Waals surface area contributed by atoms with Crippen molar-refractivity contribution in [3.8, 4) is 10.4 Å². The SMILES string of the molecule is CCNC(C)c1ccc(-c2ccc3ncsc3c2)s1. The summed E-state index contributed by atoms with van der Waals surface area (Å²) in [5.74, 6) is 0. The molecule has 0 saturated heterocycles. The van der Waals surface area contributed by atoms with E-state index in [-0.39, 0.29) is 0 Å². The van der Waals surface area contributed by atoms with Crippen LogP contribution in [0.1, 0.15) is 24.8 Å². The first-order valence-corrected chi connectivity index (χ1v) is 8.14. The Labute approximate surface area is 121 Å². The van der Waals surface area contributed by atoms with E-state index in [1.807, 2.05) is 16.8 Å². The number of aromatic nitrogens is 1. The van der Waals surface area contributed by atoms with Crippen molar-refractivity contribution < 1.29 is 0 Å². The van der Waals surface area contributed by atoms with Crippen LogP contribution >= 0.6 is 22.7 Å². The van der Waals surface area contributed by atoms with Crippen LogP contribution in [0, 0.1) is 0 Å². The molecule has 0 fully saturated rings. The van der Waals surface area contributed by atoms with Crippen molar-refractivity contribution in [1.82, 2.24) is 10.3 Å². The number of thiophene rings is 1. The molecule has 0 saturated carbocycles. The smallest absolute Gasteiger partial charge is 0.0812 e. The van der Waals surface area contributed by atoms with Gasteiger partial charge in [-0.2, -0.15) is 0 Å². The van der Waals surface area contributed by atoms with Gasteiger partial charge in [0.1, 0.15) is 0 Å². The summed E-state index contributed by atoms with van der Waals surface area (Å²) in [5, 5.41) is 3.45. The Kier molecular flexibility index (Phi) is 3.64. The van der Waals surface area contributed by atoms with Gasteiger partial charge in [0.05, 0.1) is 15.7 Å². The fourth-order valence-corrected chi connectivity index (χ4v) is 3.90. The molecule has 19 heavy (non-hydrogen) atoms. The first-order chi connectivity index (χ1) is 9.28. The molecule has 2 aromatic heterocycles. The summed E-state index contributed by atoms with van der Waals surface area (Å²) in [4.78, 5) is 7.04. The number of hydrogen-bond acceptors (Lipinski definition) is 4. The van der Waals surface area contributed by atoms with Crippen molar-refractivity contribution in [1.29, 1.82) is 0 Å². The van der Waals surface area contributed by atoms with Crippen LogP contribution in [0.25, 0.3) is 20.7 Å². The van der Waals surface area contributed by atoms with Crippen LogP contribution in [0.5, 0.6) is 0 Å². The lowest BCUT2D eigenvalue weighted by molar-refractivity contribution is 0.607. The highest BCUT2D eigenvalue weighted by molar-refractivity contribution is 7.17. The van der Waals surface area contributed by atoms with E-state index in [1.165, 1.54) is 20.0 Å². The first kappa shape index (κ1) is 12.8. The highest BCUT2D eigenvalue weighted by Gasteiger charge is 2.09. The lowest BCUT2D eigenvalue weighted by Crippen LogP contribution is -2.16. The Morgan fingerprint density at radius 3 is 3.00 bits per heavy atom. The van der Waals surface area contributed by atoms with Crippen LogP contribution in [0.4, 0.5) is 0 Å². The van der Waals surface area contributed by atoms with Crippen LogP contribution in [-0.4, -0.2) is 11.5 Å². The van der Waals surface area contributed by atoms with Crippen molar-refractivity contribution in [2.75, 3.05) is 6.54 Å². The summed E-state index contributed by atoms with van der Waals surface area (Å²) in [5.41, 5.74) is 4.28. The maximum absolute atomic E-state index is 4.32. The average molecular weight is 288 g/mol. The van der Waals surface area contributed by atoms with E-state index >= 15 is 0 Å². The molecule has 98 valence electrons. The van der Waals surface area contributed by atoms with E-state index in [4.69, 9.17) is 0 Å². The summed E-state index contributed by atoms with van der Waals surface area (Å²) in [7, 11) is 0. The number of nitrogens with one attached hydrogen (secondary N) is 1. The summed E-state index contributed by atoms with van der Waals surface area (Å²) in [6.45, 7) is 5.36. The fourth-order valence-electron chi connectivity index (χ4n) is 2.16. The Balaban J connectivity index is 1.93. The lowest BCUT2D eigenvalue weighted by atomic mass is 10.2. The summed E-state index contributed by atoms with van der Waals surface area (Å²) in [6, 6.07) is 11.4. The zero-order chi connectivity index (χ0) is 13.2. The van der Waals surface area contributed by atoms with E-state index in [0.29, 0.717) is 6.04 Å². The average Bonchev–Trinajstić information content (AvgIpc) is 3.07. The Morgan fingerprint density at radius 1 is 1.26 bits per heavy atom. The van der Waals surface area contributed by atoms with Crippen molar-refractivity contribution in [2.45, 2.75) is 19.9 Å². The number of fused-ring (bicyclic) bond motifs is 1. The molecule has 1 unspecified atom stereocenters. The predicted octanol–water partition coefficient (Wildman–Crippen LogP) is 4.70. The Morgan fingerprint density at radius 2 is 2.16 bits per heavy atom. The number of nitrogens with zero attached hydrogens (tertiary/aromatic N) is 1. The van der Waals surface area contributed by atoms with Gasteiger partial charge in [0.25, 0.3) is 0 Å². The standard InChI is InChI=1S/C15H16N2S2/c1-3-16-10(2)13-6-7-14(19-13)11-4-5-12-15(8-11)18-9-17-12/h4-10,16H,3H2,1-2H3. The number of rotatable bonds is 4. The van der Waals surface area contributed by atoms with Gasteiger partial charge in [0.15, 0.2) is 0 Å². The molecular formula is C15H16N2S2. The van der Waals surface area contributed by atoms with Crippen molar-refractivity contribution >= 4 is 32.9 Å². The molecule has 3 aromatic rings. The van der Waals surface area contributed by atoms with Crippen molar-refractivity contribution in [3.05, 3.63) is 40.7 Å². The molecule has 3 rings (SSSR count). The molecule has 1 aromatic carbocycles. The maximum Gasteiger partial charge on any atom is 0.0812 e. The minimum absolute atomic E-state index is 0.427. The molecule has 0 aliphatic rings. The fraction of sp³-hybridized carbons (Fsp3) is 0.267. The van der Waals surface area contributed by atoms with Gasteiger partial charge >= 0.3 is 0 Å². The monoisotopic (exact) mass is 288 g/mol. The third-order valence-corrected chi connectivity index (χ3v) is 5.29. The molecule has 0 spiro atoms. The van der Waals surface area contributed by atoms with Crippen LogP contribution in [0.3, 0.4) is 0 Å². The third-order valence-electron chi connectivity index (χ3n) is 3.18. The Bertz CT molecular complexity index is 684. The quantitative estimate of drug-likeness (QED) is 0.753. The zero-order valence-electron chi connectivity index (χ0n) is 11.0. The number of benzene rings is 1. The number of hydrogen-bond donors (Lipinski definition) is 1. The van der Waals surface area contributed by atoms with Crippen LogP contribution in [0.15, 0.2) is 35.8 Å². The van der Waals surface area contributed by atoms with Crippen LogP contribution in [0.2, 0.25) is 0 Å². The van der Waals surface area contributed by atoms with E-state index in [0.717, 1.165) is 12.1 Å². The summed E-state index contributed by atoms with van der Waals surface area (Å²) in [6.07, 6.45) is 0. The van der Waals surface area contributed by atoms with Crippen molar-refractivity contribution in [3.63, 3.8) is 0 Å². The highest BCUT2D eigenvalue weighted by atomic mass is 32.1. The molecule has 0 aliphatic heterocycles. The first-order valence-electron chi connectivity index (χ1n) is 6.44. The molecule has 0 aliphatic carbocycles. The minimum Gasteiger partial charge on any atom is -0.310 e. The Hall–Kier alpha value is -1.23. The normalized spacial score (nSPS) is 12.9. The second-order valence-corrected chi connectivity index (χ2v) is 6.52. The van der Waals surface area contributed by atoms with Gasteiger partial charge < -0.3 is 5.32 Å². The minimum atomic E-state index is 0.427. The molecule has 0 amide bonds. The van der Waals surface area contributed by atoms with Gasteiger partial charge in [-0.3, -0.25) is 0 Å². The van der Waals surface area contributed by atoms with Gasteiger partial charge in [0.2, 0.25) is 0 Å². The summed E-state index contributed by atoms with van der Waals surface area (Å²) < 4.78 is 1.26. The number of thiazole rings is 1. The molecule has 1 atom stereocenters. The van der Waals surface area contributed by atoms with Gasteiger partial charge in [0, 0.05) is 15.8 Å². The molecular weight excluding hydrogens is 272 g/mol. The third kappa shape index (κ3) is 2.56. The van der Waals surface area contributed by atoms with Crippen LogP contribution in [-0.2, 0) is 0 Å². The van der Waals surface area contributed by atoms with Gasteiger partial charge in [-0.1, -0.05) is 13.0 Å². The molecule has 2 heterocycles. The highest BCUT2D eigenvalue weighted by Crippen LogP contribution is 2.33. The van der Waals surface area contributed by atoms with Gasteiger partial charge in [-0.15, -0.1) is 22.7 Å². The van der Waals surface area contributed by atoms with Crippen molar-refractivity contribution in [2.24, 2.45) is 0 Å². The lowest BCUT2D eigenvalue weighted by Gasteiger charge is -2.08. The predicted molar refractivity (Wildman–Crippen MR) is 85.0 cm³/mol. The second kappa shape index (κ2) is 5.41. The molecule has 0 bridgehead atoms. The van der Waals surface area contributed by atoms with Crippen LogP contribution < -0.4 is 5.32 Å². The topological polar surface area (TPSA) is 24.9 Å². The molecule has 1 N–H and O–H groups in total. The zero-order valence-corrected chi connectivity index (χ0v) is 12.6. The van der Waals surface area contributed by atoms with Gasteiger partial charge in [-0.25, -0.2) is 4.98 Å². The molecule has 4 heteroatoms. The summed E-state index contributed by atoms with van der Waals surface area (Å²) >= 11 is 3.57.